The fourth-order valence-corrected chi connectivity index (χ4v) is 4.98. The lowest BCUT2D eigenvalue weighted by atomic mass is 10.1. The molecule has 0 unspecified atom stereocenters. The van der Waals surface area contributed by atoms with E-state index in [1.807, 2.05) is 55.5 Å². The zero-order valence-electron chi connectivity index (χ0n) is 16.9. The number of rotatable bonds is 7. The molecule has 0 saturated heterocycles. The van der Waals surface area contributed by atoms with Gasteiger partial charge in [0.25, 0.3) is 5.91 Å². The van der Waals surface area contributed by atoms with E-state index in [-0.39, 0.29) is 5.91 Å². The molecule has 0 aliphatic heterocycles. The molecular weight excluding hydrogens is 418 g/mol. The topological polar surface area (TPSA) is 68.5 Å². The predicted molar refractivity (Wildman–Crippen MR) is 119 cm³/mol. The quantitative estimate of drug-likeness (QED) is 0.370. The number of fused-ring (bicyclic) bond motifs is 1. The molecule has 6 nitrogen and oxygen atoms in total. The van der Waals surface area contributed by atoms with Crippen LogP contribution in [0.25, 0.3) is 11.0 Å². The maximum atomic E-state index is 13.3. The molecule has 2 heterocycles. The fraction of sp³-hybridized carbons (Fsp3) is 0.227. The summed E-state index contributed by atoms with van der Waals surface area (Å²) in [5, 5.41) is 10.1. The van der Waals surface area contributed by atoms with E-state index < -0.39 is 0 Å². The molecule has 0 aliphatic carbocycles. The van der Waals surface area contributed by atoms with Crippen molar-refractivity contribution in [1.82, 2.24) is 15.1 Å². The average Bonchev–Trinajstić information content (AvgIpc) is 3.35. The van der Waals surface area contributed by atoms with E-state index in [2.05, 4.69) is 10.2 Å². The average molecular weight is 440 g/mol. The Labute approximate surface area is 182 Å². The van der Waals surface area contributed by atoms with E-state index in [1.54, 1.807) is 42.2 Å². The first-order valence-electron chi connectivity index (χ1n) is 9.37. The van der Waals surface area contributed by atoms with Crippen LogP contribution in [0.2, 0.25) is 0 Å². The van der Waals surface area contributed by atoms with Gasteiger partial charge in [-0.15, -0.1) is 10.2 Å². The number of nitrogens with zero attached hydrogens (tertiary/aromatic N) is 3. The van der Waals surface area contributed by atoms with Crippen molar-refractivity contribution in [2.24, 2.45) is 0 Å². The van der Waals surface area contributed by atoms with Crippen LogP contribution in [0, 0.1) is 6.92 Å². The number of ether oxygens (including phenoxy) is 1. The number of hydrogen-bond acceptors (Lipinski definition) is 7. The van der Waals surface area contributed by atoms with Crippen molar-refractivity contribution in [2.75, 3.05) is 14.2 Å². The number of aromatic nitrogens is 2. The number of aryl methyl sites for hydroxylation is 1. The molecule has 0 atom stereocenters. The lowest BCUT2D eigenvalue weighted by Crippen LogP contribution is -2.26. The number of furan rings is 1. The molecule has 4 aromatic rings. The van der Waals surface area contributed by atoms with Crippen LogP contribution in [0.5, 0.6) is 5.75 Å². The van der Waals surface area contributed by atoms with E-state index in [1.165, 1.54) is 0 Å². The van der Waals surface area contributed by atoms with Gasteiger partial charge in [0.2, 0.25) is 0 Å². The van der Waals surface area contributed by atoms with Crippen LogP contribution in [0.15, 0.2) is 57.3 Å². The van der Waals surface area contributed by atoms with Gasteiger partial charge in [-0.1, -0.05) is 53.4 Å². The Balaban J connectivity index is 1.58. The summed E-state index contributed by atoms with van der Waals surface area (Å²) in [6, 6.07) is 15.4. The largest absolute Gasteiger partial charge is 0.497 e. The Hall–Kier alpha value is -2.84. The third-order valence-corrected chi connectivity index (χ3v) is 6.66. The summed E-state index contributed by atoms with van der Waals surface area (Å²) in [5.74, 6) is 1.60. The first kappa shape index (κ1) is 20.4. The van der Waals surface area contributed by atoms with E-state index in [0.717, 1.165) is 31.6 Å². The van der Waals surface area contributed by atoms with Gasteiger partial charge in [0.15, 0.2) is 10.1 Å². The third-order valence-electron chi connectivity index (χ3n) is 4.67. The summed E-state index contributed by atoms with van der Waals surface area (Å²) >= 11 is 3.11. The summed E-state index contributed by atoms with van der Waals surface area (Å²) < 4.78 is 12.1. The van der Waals surface area contributed by atoms with Gasteiger partial charge in [0.1, 0.15) is 16.3 Å². The molecule has 0 bridgehead atoms. The van der Waals surface area contributed by atoms with Crippen molar-refractivity contribution in [3.8, 4) is 5.75 Å². The Morgan fingerprint density at radius 2 is 1.93 bits per heavy atom. The van der Waals surface area contributed by atoms with Crippen molar-refractivity contribution in [2.45, 2.75) is 23.6 Å². The molecule has 30 heavy (non-hydrogen) atoms. The minimum Gasteiger partial charge on any atom is -0.497 e. The second-order valence-electron chi connectivity index (χ2n) is 6.79. The predicted octanol–water partition coefficient (Wildman–Crippen LogP) is 5.17. The third kappa shape index (κ3) is 4.34. The number of benzene rings is 2. The highest BCUT2D eigenvalue weighted by molar-refractivity contribution is 8.00. The maximum absolute atomic E-state index is 13.3. The number of para-hydroxylation sites is 1. The molecule has 1 amide bonds. The van der Waals surface area contributed by atoms with Crippen molar-refractivity contribution in [3.63, 3.8) is 0 Å². The van der Waals surface area contributed by atoms with Crippen molar-refractivity contribution in [1.29, 1.82) is 0 Å². The molecule has 0 fully saturated rings. The number of amides is 1. The highest BCUT2D eigenvalue weighted by atomic mass is 32.2. The lowest BCUT2D eigenvalue weighted by Gasteiger charge is -2.17. The molecule has 2 aromatic heterocycles. The van der Waals surface area contributed by atoms with Gasteiger partial charge < -0.3 is 14.1 Å². The van der Waals surface area contributed by atoms with Gasteiger partial charge in [0.05, 0.1) is 7.11 Å². The molecule has 8 heteroatoms. The Kier molecular flexibility index (Phi) is 6.06. The smallest absolute Gasteiger partial charge is 0.289 e. The first-order chi connectivity index (χ1) is 14.5. The van der Waals surface area contributed by atoms with Gasteiger partial charge in [-0.2, -0.15) is 0 Å². The molecule has 0 aliphatic rings. The normalized spacial score (nSPS) is 11.0. The van der Waals surface area contributed by atoms with Crippen LogP contribution in [0.4, 0.5) is 0 Å². The number of carbonyl (C=O) groups is 1. The molecule has 4 rings (SSSR count). The van der Waals surface area contributed by atoms with Crippen molar-refractivity contribution >= 4 is 40.0 Å². The standard InChI is InChI=1S/C22H21N3O3S2/c1-14-23-24-22(30-14)29-13-18-17-6-4-5-7-19(17)28-20(18)21(26)25(2)12-15-8-10-16(27-3)11-9-15/h4-11H,12-13H2,1-3H3. The van der Waals surface area contributed by atoms with E-state index in [0.29, 0.717) is 23.6 Å². The molecule has 154 valence electrons. The summed E-state index contributed by atoms with van der Waals surface area (Å²) in [6.07, 6.45) is 0. The number of hydrogen-bond donors (Lipinski definition) is 0. The number of methoxy groups -OCH3 is 1. The fourth-order valence-electron chi connectivity index (χ4n) is 3.14. The zero-order valence-corrected chi connectivity index (χ0v) is 18.5. The minimum atomic E-state index is -0.147. The van der Waals surface area contributed by atoms with E-state index in [9.17, 15) is 4.79 Å². The Morgan fingerprint density at radius 1 is 1.17 bits per heavy atom. The summed E-state index contributed by atoms with van der Waals surface area (Å²) in [4.78, 5) is 14.9. The van der Waals surface area contributed by atoms with Crippen molar-refractivity contribution < 1.29 is 13.9 Å². The van der Waals surface area contributed by atoms with Gasteiger partial charge >= 0.3 is 0 Å². The molecular formula is C22H21N3O3S2. The summed E-state index contributed by atoms with van der Waals surface area (Å²) in [5.41, 5.74) is 2.61. The molecule has 2 aromatic carbocycles. The van der Waals surface area contributed by atoms with Gasteiger partial charge in [-0.3, -0.25) is 4.79 Å². The van der Waals surface area contributed by atoms with Crippen LogP contribution >= 0.6 is 23.1 Å². The molecule has 0 radical (unpaired) electrons. The molecule has 0 N–H and O–H groups in total. The highest BCUT2D eigenvalue weighted by Gasteiger charge is 2.24. The SMILES string of the molecule is COc1ccc(CN(C)C(=O)c2oc3ccccc3c2CSc2nnc(C)s2)cc1. The summed E-state index contributed by atoms with van der Waals surface area (Å²) in [7, 11) is 3.42. The van der Waals surface area contributed by atoms with Gasteiger partial charge in [-0.25, -0.2) is 0 Å². The molecule has 0 spiro atoms. The second kappa shape index (κ2) is 8.89. The zero-order chi connectivity index (χ0) is 21.1. The lowest BCUT2D eigenvalue weighted by molar-refractivity contribution is 0.0754. The molecule has 0 saturated carbocycles. The van der Waals surface area contributed by atoms with E-state index in [4.69, 9.17) is 9.15 Å². The van der Waals surface area contributed by atoms with Gasteiger partial charge in [-0.05, 0) is 30.7 Å². The Morgan fingerprint density at radius 3 is 2.63 bits per heavy atom. The van der Waals surface area contributed by atoms with Crippen LogP contribution in [-0.4, -0.2) is 35.2 Å². The van der Waals surface area contributed by atoms with E-state index >= 15 is 0 Å². The highest BCUT2D eigenvalue weighted by Crippen LogP contribution is 2.33. The second-order valence-corrected chi connectivity index (χ2v) is 9.19. The monoisotopic (exact) mass is 439 g/mol. The minimum absolute atomic E-state index is 0.147. The van der Waals surface area contributed by atoms with Crippen LogP contribution < -0.4 is 4.74 Å². The Bertz CT molecular complexity index is 1170. The maximum Gasteiger partial charge on any atom is 0.289 e. The number of carbonyl (C=O) groups excluding carboxylic acids is 1. The number of thioether (sulfide) groups is 1. The van der Waals surface area contributed by atoms with Crippen LogP contribution in [0.1, 0.15) is 26.7 Å². The van der Waals surface area contributed by atoms with Gasteiger partial charge in [0, 0.05) is 30.3 Å². The summed E-state index contributed by atoms with van der Waals surface area (Å²) in [6.45, 7) is 2.40. The first-order valence-corrected chi connectivity index (χ1v) is 11.2. The van der Waals surface area contributed by atoms with Crippen LogP contribution in [0.3, 0.4) is 0 Å². The van der Waals surface area contributed by atoms with Crippen molar-refractivity contribution in [3.05, 3.63) is 70.4 Å². The van der Waals surface area contributed by atoms with Crippen LogP contribution in [-0.2, 0) is 12.3 Å².